The Morgan fingerprint density at radius 3 is 2.12 bits per heavy atom. The summed E-state index contributed by atoms with van der Waals surface area (Å²) in [6, 6.07) is 11.6. The summed E-state index contributed by atoms with van der Waals surface area (Å²) in [7, 11) is 0. The van der Waals surface area contributed by atoms with Crippen LogP contribution in [0.3, 0.4) is 0 Å². The van der Waals surface area contributed by atoms with Crippen LogP contribution in [-0.2, 0) is 4.79 Å². The number of hydrogen-bond donors (Lipinski definition) is 2. The van der Waals surface area contributed by atoms with E-state index in [4.69, 9.17) is 0 Å². The van der Waals surface area contributed by atoms with Crippen molar-refractivity contribution in [2.45, 2.75) is 20.8 Å². The number of nitrogens with one attached hydrogen (secondary N) is 2. The molecule has 0 radical (unpaired) electrons. The fourth-order valence-electron chi connectivity index (χ4n) is 2.43. The smallest absolute Gasteiger partial charge is 0.274 e. The summed E-state index contributed by atoms with van der Waals surface area (Å²) in [5, 5.41) is 5.37. The molecule has 1 aromatic heterocycles. The van der Waals surface area contributed by atoms with Gasteiger partial charge in [0.15, 0.2) is 0 Å². The van der Waals surface area contributed by atoms with Crippen molar-refractivity contribution in [3.63, 3.8) is 0 Å². The topological polar surface area (TPSA) is 91.4 Å². The van der Waals surface area contributed by atoms with Gasteiger partial charge >= 0.3 is 0 Å². The highest BCUT2D eigenvalue weighted by molar-refractivity contribution is 6.04. The Bertz CT molecular complexity index is 816. The maximum Gasteiger partial charge on any atom is 0.274 e. The number of amides is 3. The van der Waals surface area contributed by atoms with Gasteiger partial charge in [0.1, 0.15) is 11.4 Å². The van der Waals surface area contributed by atoms with Gasteiger partial charge in [-0.25, -0.2) is 4.98 Å². The van der Waals surface area contributed by atoms with Crippen molar-refractivity contribution in [2.75, 3.05) is 23.7 Å². The van der Waals surface area contributed by atoms with E-state index in [0.29, 0.717) is 24.5 Å². The standard InChI is InChI=1S/C19H22N4O3/c1-4-23(5-2)19(26)17-11-7-10-16(22-17)18(25)21-15-9-6-8-14(12-15)20-13(3)24/h6-12H,4-5H2,1-3H3,(H,20,24)(H,21,25). The van der Waals surface area contributed by atoms with E-state index >= 15 is 0 Å². The lowest BCUT2D eigenvalue weighted by atomic mass is 10.2. The molecule has 0 saturated carbocycles. The number of rotatable bonds is 6. The third-order valence-corrected chi connectivity index (χ3v) is 3.69. The monoisotopic (exact) mass is 354 g/mol. The molecule has 7 nitrogen and oxygen atoms in total. The third-order valence-electron chi connectivity index (χ3n) is 3.69. The molecule has 136 valence electrons. The molecule has 0 atom stereocenters. The van der Waals surface area contributed by atoms with Gasteiger partial charge in [0.25, 0.3) is 11.8 Å². The van der Waals surface area contributed by atoms with Gasteiger partial charge in [-0.15, -0.1) is 0 Å². The second kappa shape index (κ2) is 8.75. The quantitative estimate of drug-likeness (QED) is 0.834. The minimum atomic E-state index is -0.431. The van der Waals surface area contributed by atoms with Crippen molar-refractivity contribution in [3.8, 4) is 0 Å². The summed E-state index contributed by atoms with van der Waals surface area (Å²) in [6.45, 7) is 6.33. The van der Waals surface area contributed by atoms with Crippen molar-refractivity contribution >= 4 is 29.1 Å². The molecule has 0 unspecified atom stereocenters. The largest absolute Gasteiger partial charge is 0.338 e. The van der Waals surface area contributed by atoms with Crippen LogP contribution in [0.1, 0.15) is 41.7 Å². The first-order valence-corrected chi connectivity index (χ1v) is 8.40. The Balaban J connectivity index is 2.16. The predicted molar refractivity (Wildman–Crippen MR) is 100 cm³/mol. The first kappa shape index (κ1) is 19.1. The van der Waals surface area contributed by atoms with Gasteiger partial charge in [0.05, 0.1) is 0 Å². The van der Waals surface area contributed by atoms with E-state index in [2.05, 4.69) is 15.6 Å². The molecular weight excluding hydrogens is 332 g/mol. The Hall–Kier alpha value is -3.22. The van der Waals surface area contributed by atoms with Crippen molar-refractivity contribution in [1.82, 2.24) is 9.88 Å². The molecule has 26 heavy (non-hydrogen) atoms. The molecule has 0 aliphatic carbocycles. The van der Waals surface area contributed by atoms with Crippen LogP contribution in [0.4, 0.5) is 11.4 Å². The van der Waals surface area contributed by atoms with Gasteiger partial charge < -0.3 is 15.5 Å². The number of anilines is 2. The molecule has 2 N–H and O–H groups in total. The molecule has 7 heteroatoms. The van der Waals surface area contributed by atoms with E-state index in [9.17, 15) is 14.4 Å². The second-order valence-corrected chi connectivity index (χ2v) is 5.60. The minimum Gasteiger partial charge on any atom is -0.338 e. The molecule has 0 bridgehead atoms. The molecule has 0 spiro atoms. The molecule has 2 rings (SSSR count). The molecule has 1 heterocycles. The highest BCUT2D eigenvalue weighted by atomic mass is 16.2. The van der Waals surface area contributed by atoms with E-state index in [1.807, 2.05) is 13.8 Å². The number of pyridine rings is 1. The maximum absolute atomic E-state index is 12.4. The molecule has 0 fully saturated rings. The number of hydrogen-bond acceptors (Lipinski definition) is 4. The zero-order valence-electron chi connectivity index (χ0n) is 15.1. The summed E-state index contributed by atoms with van der Waals surface area (Å²) in [6.07, 6.45) is 0. The number of aromatic nitrogens is 1. The molecule has 0 aliphatic rings. The molecule has 0 aliphatic heterocycles. The molecule has 1 aromatic carbocycles. The summed E-state index contributed by atoms with van der Waals surface area (Å²) in [4.78, 5) is 41.8. The zero-order chi connectivity index (χ0) is 19.1. The van der Waals surface area contributed by atoms with Gasteiger partial charge in [-0.1, -0.05) is 12.1 Å². The third kappa shape index (κ3) is 4.89. The van der Waals surface area contributed by atoms with E-state index in [-0.39, 0.29) is 23.2 Å². The van der Waals surface area contributed by atoms with Crippen molar-refractivity contribution in [2.24, 2.45) is 0 Å². The molecule has 3 amide bonds. The lowest BCUT2D eigenvalue weighted by molar-refractivity contribution is -0.114. The predicted octanol–water partition coefficient (Wildman–Crippen LogP) is 2.77. The second-order valence-electron chi connectivity index (χ2n) is 5.60. The van der Waals surface area contributed by atoms with Crippen LogP contribution >= 0.6 is 0 Å². The Morgan fingerprint density at radius 2 is 1.50 bits per heavy atom. The van der Waals surface area contributed by atoms with Crippen LogP contribution in [-0.4, -0.2) is 40.7 Å². The van der Waals surface area contributed by atoms with Crippen LogP contribution in [0.5, 0.6) is 0 Å². The van der Waals surface area contributed by atoms with E-state index < -0.39 is 5.91 Å². The lowest BCUT2D eigenvalue weighted by Gasteiger charge is -2.18. The summed E-state index contributed by atoms with van der Waals surface area (Å²) < 4.78 is 0. The zero-order valence-corrected chi connectivity index (χ0v) is 15.1. The summed E-state index contributed by atoms with van der Waals surface area (Å²) >= 11 is 0. The summed E-state index contributed by atoms with van der Waals surface area (Å²) in [5.41, 5.74) is 1.47. The van der Waals surface area contributed by atoms with Gasteiger partial charge in [0.2, 0.25) is 5.91 Å². The number of carbonyl (C=O) groups is 3. The molecule has 2 aromatic rings. The molecule has 0 saturated heterocycles. The first-order chi connectivity index (χ1) is 12.4. The van der Waals surface area contributed by atoms with Gasteiger partial charge in [0, 0.05) is 31.4 Å². The van der Waals surface area contributed by atoms with Crippen LogP contribution in [0.15, 0.2) is 42.5 Å². The van der Waals surface area contributed by atoms with Crippen molar-refractivity contribution < 1.29 is 14.4 Å². The average molecular weight is 354 g/mol. The van der Waals surface area contributed by atoms with Gasteiger partial charge in [-0.2, -0.15) is 0 Å². The van der Waals surface area contributed by atoms with Gasteiger partial charge in [-0.05, 0) is 44.2 Å². The first-order valence-electron chi connectivity index (χ1n) is 8.40. The highest BCUT2D eigenvalue weighted by Gasteiger charge is 2.16. The van der Waals surface area contributed by atoms with E-state index in [1.165, 1.54) is 6.92 Å². The summed E-state index contributed by atoms with van der Waals surface area (Å²) in [5.74, 6) is -0.839. The Morgan fingerprint density at radius 1 is 0.923 bits per heavy atom. The SMILES string of the molecule is CCN(CC)C(=O)c1cccc(C(=O)Nc2cccc(NC(C)=O)c2)n1. The van der Waals surface area contributed by atoms with Crippen molar-refractivity contribution in [3.05, 3.63) is 53.9 Å². The molecular formula is C19H22N4O3. The average Bonchev–Trinajstić information content (AvgIpc) is 2.62. The van der Waals surface area contributed by atoms with Crippen LogP contribution < -0.4 is 10.6 Å². The number of nitrogens with zero attached hydrogens (tertiary/aromatic N) is 2. The fraction of sp³-hybridized carbons (Fsp3) is 0.263. The van der Waals surface area contributed by atoms with Crippen LogP contribution in [0, 0.1) is 0 Å². The van der Waals surface area contributed by atoms with Crippen molar-refractivity contribution in [1.29, 1.82) is 0 Å². The van der Waals surface area contributed by atoms with E-state index in [1.54, 1.807) is 47.4 Å². The Labute approximate surface area is 152 Å². The Kier molecular flexibility index (Phi) is 6.43. The lowest BCUT2D eigenvalue weighted by Crippen LogP contribution is -2.31. The van der Waals surface area contributed by atoms with Crippen LogP contribution in [0.2, 0.25) is 0 Å². The van der Waals surface area contributed by atoms with Crippen LogP contribution in [0.25, 0.3) is 0 Å². The van der Waals surface area contributed by atoms with E-state index in [0.717, 1.165) is 0 Å². The number of carbonyl (C=O) groups excluding carboxylic acids is 3. The normalized spacial score (nSPS) is 10.1. The van der Waals surface area contributed by atoms with Gasteiger partial charge in [-0.3, -0.25) is 14.4 Å². The number of benzene rings is 1. The minimum absolute atomic E-state index is 0.146. The maximum atomic E-state index is 12.4. The highest BCUT2D eigenvalue weighted by Crippen LogP contribution is 2.16. The fourth-order valence-corrected chi connectivity index (χ4v) is 2.43.